The summed E-state index contributed by atoms with van der Waals surface area (Å²) in [5.41, 5.74) is -1.50. The van der Waals surface area contributed by atoms with Crippen LogP contribution in [-0.4, -0.2) is 69.3 Å². The van der Waals surface area contributed by atoms with Crippen molar-refractivity contribution in [2.24, 2.45) is 11.1 Å². The Morgan fingerprint density at radius 2 is 1.88 bits per heavy atom. The van der Waals surface area contributed by atoms with Crippen LogP contribution in [0.1, 0.15) is 24.5 Å². The molecule has 4 rings (SSSR count). The number of carbonyl (C=O) groups is 2. The zero-order valence-electron chi connectivity index (χ0n) is 21.8. The number of benzene rings is 2. The van der Waals surface area contributed by atoms with E-state index in [1.54, 1.807) is 31.2 Å². The van der Waals surface area contributed by atoms with Gasteiger partial charge in [-0.2, -0.15) is 30.5 Å². The number of hydrogen-bond acceptors (Lipinski definition) is 9. The molecular weight excluding hydrogens is 625 g/mol. The molecule has 0 aliphatic carbocycles. The molecule has 4 atom stereocenters. The first-order valence-corrected chi connectivity index (χ1v) is 16.0. The lowest BCUT2D eigenvalue weighted by Crippen LogP contribution is -2.46. The Labute approximate surface area is 244 Å². The number of likely N-dealkylation sites (tertiary alicyclic amines) is 1. The van der Waals surface area contributed by atoms with Gasteiger partial charge >= 0.3 is 12.1 Å². The standard InChI is InChI=1S/C24H27F3N4O8S3/c1-12(11-40)22(32)31-10-15(7-18(31)23(33)34)39-14-4-2-13(3-5-14)6-21-29-17-8-16(24(25,26)27)19(41(28,35)36)9-20(17)42(37,38)30-21/h2-5,8-9,12,15,18,21,29-30,40H,6-7,10-11H2,1H3,(H,33,34)(H2,28,35,36)/t12-,15?,18+,21?/m1/s1. The van der Waals surface area contributed by atoms with E-state index >= 15 is 0 Å². The minimum absolute atomic E-state index is 0.0222. The summed E-state index contributed by atoms with van der Waals surface area (Å²) in [6.45, 7) is 1.72. The number of ether oxygens (including phenoxy) is 1. The third-order valence-corrected chi connectivity index (χ3v) is 9.81. The van der Waals surface area contributed by atoms with Gasteiger partial charge in [0.05, 0.1) is 28.9 Å². The minimum Gasteiger partial charge on any atom is -0.488 e. The van der Waals surface area contributed by atoms with Gasteiger partial charge in [0.1, 0.15) is 22.8 Å². The van der Waals surface area contributed by atoms with Gasteiger partial charge in [-0.25, -0.2) is 26.8 Å². The highest BCUT2D eigenvalue weighted by molar-refractivity contribution is 7.90. The normalized spacial score (nSPS) is 22.6. The number of amides is 1. The zero-order chi connectivity index (χ0) is 31.2. The van der Waals surface area contributed by atoms with Crippen molar-refractivity contribution in [2.45, 2.75) is 54.0 Å². The molecule has 12 nitrogen and oxygen atoms in total. The number of anilines is 1. The van der Waals surface area contributed by atoms with E-state index in [1.165, 1.54) is 4.90 Å². The number of carbonyl (C=O) groups excluding carboxylic acids is 1. The Morgan fingerprint density at radius 1 is 1.24 bits per heavy atom. The van der Waals surface area contributed by atoms with E-state index < -0.39 is 77.5 Å². The van der Waals surface area contributed by atoms with Crippen molar-refractivity contribution in [1.82, 2.24) is 9.62 Å². The maximum absolute atomic E-state index is 13.6. The molecule has 2 heterocycles. The van der Waals surface area contributed by atoms with E-state index in [4.69, 9.17) is 9.88 Å². The fraction of sp³-hybridized carbons (Fsp3) is 0.417. The zero-order valence-corrected chi connectivity index (χ0v) is 24.4. The quantitative estimate of drug-likeness (QED) is 0.265. The Kier molecular flexibility index (Phi) is 8.77. The molecular formula is C24H27F3N4O8S3. The van der Waals surface area contributed by atoms with Crippen LogP contribution in [0.3, 0.4) is 0 Å². The van der Waals surface area contributed by atoms with Gasteiger partial charge in [-0.3, -0.25) is 4.79 Å². The number of aliphatic carboxylic acids is 1. The summed E-state index contributed by atoms with van der Waals surface area (Å²) in [6.07, 6.45) is -6.76. The average molecular weight is 653 g/mol. The van der Waals surface area contributed by atoms with E-state index in [0.717, 1.165) is 0 Å². The second-order valence-corrected chi connectivity index (χ2v) is 13.5. The first-order chi connectivity index (χ1) is 19.4. The van der Waals surface area contributed by atoms with E-state index in [2.05, 4.69) is 22.7 Å². The van der Waals surface area contributed by atoms with Crippen LogP contribution in [-0.2, 0) is 42.2 Å². The van der Waals surface area contributed by atoms with Crippen molar-refractivity contribution < 1.29 is 49.4 Å². The maximum atomic E-state index is 13.6. The molecule has 5 N–H and O–H groups in total. The molecule has 2 unspecified atom stereocenters. The molecule has 0 spiro atoms. The third kappa shape index (κ3) is 6.77. The molecule has 2 aromatic rings. The van der Waals surface area contributed by atoms with E-state index in [1.807, 2.05) is 0 Å². The van der Waals surface area contributed by atoms with E-state index in [-0.39, 0.29) is 31.0 Å². The molecule has 0 radical (unpaired) electrons. The molecule has 42 heavy (non-hydrogen) atoms. The van der Waals surface area contributed by atoms with Crippen LogP contribution < -0.4 is 19.9 Å². The number of fused-ring (bicyclic) bond motifs is 1. The minimum atomic E-state index is -5.13. The molecule has 1 amide bonds. The summed E-state index contributed by atoms with van der Waals surface area (Å²) >= 11 is 4.10. The fourth-order valence-corrected chi connectivity index (χ4v) is 7.09. The Morgan fingerprint density at radius 3 is 2.43 bits per heavy atom. The number of carboxylic acid groups (broad SMARTS) is 1. The summed E-state index contributed by atoms with van der Waals surface area (Å²) < 4.78 is 98.0. The van der Waals surface area contributed by atoms with Gasteiger partial charge in [0.2, 0.25) is 26.0 Å². The van der Waals surface area contributed by atoms with Gasteiger partial charge in [0.15, 0.2) is 0 Å². The Balaban J connectivity index is 1.49. The summed E-state index contributed by atoms with van der Waals surface area (Å²) in [5, 5.41) is 17.1. The molecule has 2 aliphatic rings. The van der Waals surface area contributed by atoms with Crippen LogP contribution in [0.5, 0.6) is 5.75 Å². The SMILES string of the molecule is C[C@H](CS)C(=O)N1CC(Oc2ccc(CC3Nc4cc(C(F)(F)F)c(S(N)(=O)=O)cc4S(=O)(=O)N3)cc2)C[C@H]1C(=O)O. The molecule has 0 bridgehead atoms. The molecule has 1 fully saturated rings. The molecule has 2 aliphatic heterocycles. The van der Waals surface area contributed by atoms with Crippen LogP contribution in [0.4, 0.5) is 18.9 Å². The summed E-state index contributed by atoms with van der Waals surface area (Å²) in [4.78, 5) is 23.5. The fourth-order valence-electron chi connectivity index (χ4n) is 4.77. The van der Waals surface area contributed by atoms with E-state index in [9.17, 15) is 44.7 Å². The average Bonchev–Trinajstić information content (AvgIpc) is 3.31. The second kappa shape index (κ2) is 11.6. The molecule has 0 aromatic heterocycles. The highest BCUT2D eigenvalue weighted by atomic mass is 32.2. The lowest BCUT2D eigenvalue weighted by molar-refractivity contribution is -0.149. The van der Waals surface area contributed by atoms with Crippen molar-refractivity contribution >= 4 is 50.2 Å². The Hall–Kier alpha value is -3.06. The van der Waals surface area contributed by atoms with Crippen molar-refractivity contribution in [2.75, 3.05) is 17.6 Å². The Bertz CT molecular complexity index is 1600. The predicted molar refractivity (Wildman–Crippen MR) is 146 cm³/mol. The predicted octanol–water partition coefficient (Wildman–Crippen LogP) is 1.62. The first-order valence-electron chi connectivity index (χ1n) is 12.4. The van der Waals surface area contributed by atoms with Gasteiger partial charge in [0, 0.05) is 24.5 Å². The van der Waals surface area contributed by atoms with Gasteiger partial charge in [-0.15, -0.1) is 0 Å². The topological polar surface area (TPSA) is 185 Å². The largest absolute Gasteiger partial charge is 0.488 e. The molecule has 18 heteroatoms. The van der Waals surface area contributed by atoms with Crippen molar-refractivity contribution in [3.05, 3.63) is 47.5 Å². The first kappa shape index (κ1) is 31.9. The molecule has 1 saturated heterocycles. The van der Waals surface area contributed by atoms with Crippen LogP contribution >= 0.6 is 12.6 Å². The number of nitrogens with two attached hydrogens (primary N) is 1. The number of nitrogens with one attached hydrogen (secondary N) is 2. The summed E-state index contributed by atoms with van der Waals surface area (Å²) in [7, 11) is -9.32. The number of hydrogen-bond donors (Lipinski definition) is 5. The highest BCUT2D eigenvalue weighted by Crippen LogP contribution is 2.39. The molecule has 230 valence electrons. The van der Waals surface area contributed by atoms with Gasteiger partial charge < -0.3 is 20.1 Å². The number of rotatable bonds is 8. The third-order valence-electron chi connectivity index (χ3n) is 6.80. The van der Waals surface area contributed by atoms with Crippen molar-refractivity contribution in [1.29, 1.82) is 0 Å². The van der Waals surface area contributed by atoms with Crippen LogP contribution in [0.15, 0.2) is 46.2 Å². The number of thiol groups is 1. The van der Waals surface area contributed by atoms with Crippen molar-refractivity contribution in [3.63, 3.8) is 0 Å². The highest BCUT2D eigenvalue weighted by Gasteiger charge is 2.42. The van der Waals surface area contributed by atoms with Crippen molar-refractivity contribution in [3.8, 4) is 5.75 Å². The molecule has 2 aromatic carbocycles. The molecule has 0 saturated carbocycles. The lowest BCUT2D eigenvalue weighted by atomic mass is 10.1. The second-order valence-electron chi connectivity index (χ2n) is 9.96. The van der Waals surface area contributed by atoms with E-state index in [0.29, 0.717) is 23.4 Å². The van der Waals surface area contributed by atoms with Gasteiger partial charge in [0.25, 0.3) is 0 Å². The number of primary sulfonamides is 1. The van der Waals surface area contributed by atoms with Crippen LogP contribution in [0.25, 0.3) is 0 Å². The van der Waals surface area contributed by atoms with Gasteiger partial charge in [-0.1, -0.05) is 19.1 Å². The number of sulfonamides is 2. The lowest BCUT2D eigenvalue weighted by Gasteiger charge is -2.29. The van der Waals surface area contributed by atoms with Crippen LogP contribution in [0, 0.1) is 5.92 Å². The maximum Gasteiger partial charge on any atom is 0.417 e. The van der Waals surface area contributed by atoms with Gasteiger partial charge in [-0.05, 0) is 29.8 Å². The smallest absolute Gasteiger partial charge is 0.417 e. The summed E-state index contributed by atoms with van der Waals surface area (Å²) in [6, 6.07) is 6.00. The number of carboxylic acids is 1. The number of nitrogens with zero attached hydrogens (tertiary/aromatic N) is 1. The number of halogens is 3. The number of alkyl halides is 3. The summed E-state index contributed by atoms with van der Waals surface area (Å²) in [5.74, 6) is -1.35. The monoisotopic (exact) mass is 652 g/mol. The van der Waals surface area contributed by atoms with Crippen LogP contribution in [0.2, 0.25) is 0 Å².